The molecule has 0 saturated carbocycles. The maximum atomic E-state index is 10.6. The standard InChI is InChI=1S/C17H21N3OS.2C2HF3O2/c1-2-14(11-18-5-1)15-10-17(21-13-15)3-7-20(8-4-17)12-16-19-6-9-22-16;2*3-2(4,5)1(6)7/h1-2,5-6,9,11,15H,3-4,7-8,10,12-13H2;2*(H,6,7). The van der Waals surface area contributed by atoms with Crippen LogP contribution in [0.1, 0.15) is 35.8 Å². The Bertz CT molecular complexity index is 941. The first kappa shape index (κ1) is 29.5. The van der Waals surface area contributed by atoms with Crippen molar-refractivity contribution >= 4 is 23.3 Å². The number of thiazole rings is 1. The molecule has 0 amide bonds. The van der Waals surface area contributed by atoms with Crippen LogP contribution in [0.25, 0.3) is 0 Å². The maximum absolute atomic E-state index is 10.6. The van der Waals surface area contributed by atoms with Crippen molar-refractivity contribution in [3.05, 3.63) is 46.7 Å². The van der Waals surface area contributed by atoms with Gasteiger partial charge in [0.15, 0.2) is 0 Å². The highest BCUT2D eigenvalue weighted by Crippen LogP contribution is 2.42. The fourth-order valence-corrected chi connectivity index (χ4v) is 4.32. The first-order chi connectivity index (χ1) is 16.7. The number of rotatable bonds is 3. The summed E-state index contributed by atoms with van der Waals surface area (Å²) in [6.45, 7) is 4.05. The number of aliphatic carboxylic acids is 2. The number of carboxylic acid groups (broad SMARTS) is 2. The normalized spacial score (nSPS) is 19.6. The highest BCUT2D eigenvalue weighted by Gasteiger charge is 2.43. The van der Waals surface area contributed by atoms with Crippen molar-refractivity contribution < 1.29 is 50.9 Å². The molecule has 2 aliphatic heterocycles. The van der Waals surface area contributed by atoms with Crippen molar-refractivity contribution in [2.24, 2.45) is 0 Å². The van der Waals surface area contributed by atoms with Gasteiger partial charge in [-0.2, -0.15) is 26.3 Å². The van der Waals surface area contributed by atoms with Crippen molar-refractivity contribution in [1.82, 2.24) is 14.9 Å². The molecule has 2 fully saturated rings. The molecule has 8 nitrogen and oxygen atoms in total. The molecule has 0 radical (unpaired) electrons. The molecule has 2 saturated heterocycles. The Morgan fingerprint density at radius 1 is 1.08 bits per heavy atom. The SMILES string of the molecule is O=C(O)C(F)(F)F.O=C(O)C(F)(F)F.c1cncc(C2COC3(CCN(Cc4nccs4)CC3)C2)c1. The number of halogens is 6. The summed E-state index contributed by atoms with van der Waals surface area (Å²) < 4.78 is 69.7. The third-order valence-corrected chi connectivity index (χ3v) is 6.22. The highest BCUT2D eigenvalue weighted by molar-refractivity contribution is 7.09. The van der Waals surface area contributed by atoms with Crippen molar-refractivity contribution in [1.29, 1.82) is 0 Å². The lowest BCUT2D eigenvalue weighted by molar-refractivity contribution is -0.193. The summed E-state index contributed by atoms with van der Waals surface area (Å²) in [7, 11) is 0. The molecule has 0 bridgehead atoms. The second kappa shape index (κ2) is 12.5. The fraction of sp³-hybridized carbons (Fsp3) is 0.524. The number of hydrogen-bond acceptors (Lipinski definition) is 7. The molecular weight excluding hydrogens is 520 g/mol. The number of aromatic nitrogens is 2. The van der Waals surface area contributed by atoms with E-state index in [9.17, 15) is 26.3 Å². The highest BCUT2D eigenvalue weighted by atomic mass is 32.1. The van der Waals surface area contributed by atoms with E-state index < -0.39 is 24.3 Å². The lowest BCUT2D eigenvalue weighted by atomic mass is 9.83. The number of hydrogen-bond donors (Lipinski definition) is 2. The van der Waals surface area contributed by atoms with Crippen LogP contribution in [0.2, 0.25) is 0 Å². The van der Waals surface area contributed by atoms with Gasteiger partial charge >= 0.3 is 24.3 Å². The number of pyridine rings is 1. The van der Waals surface area contributed by atoms with Gasteiger partial charge in [-0.25, -0.2) is 14.6 Å². The molecule has 1 spiro atoms. The van der Waals surface area contributed by atoms with Gasteiger partial charge in [-0.1, -0.05) is 6.07 Å². The molecule has 15 heteroatoms. The van der Waals surface area contributed by atoms with Crippen LogP contribution in [0, 0.1) is 0 Å². The Kier molecular flexibility index (Phi) is 10.2. The van der Waals surface area contributed by atoms with Gasteiger partial charge in [0.1, 0.15) is 5.01 Å². The number of carbonyl (C=O) groups is 2. The predicted molar refractivity (Wildman–Crippen MR) is 114 cm³/mol. The van der Waals surface area contributed by atoms with Gasteiger partial charge in [0.2, 0.25) is 0 Å². The number of nitrogens with zero attached hydrogens (tertiary/aromatic N) is 3. The summed E-state index contributed by atoms with van der Waals surface area (Å²) >= 11 is 1.75. The van der Waals surface area contributed by atoms with Crippen molar-refractivity contribution in [2.45, 2.75) is 49.7 Å². The Labute approximate surface area is 205 Å². The molecule has 1 atom stereocenters. The van der Waals surface area contributed by atoms with Gasteiger partial charge in [0.25, 0.3) is 0 Å². The minimum Gasteiger partial charge on any atom is -0.475 e. The second-order valence-corrected chi connectivity index (χ2v) is 8.97. The average molecular weight is 543 g/mol. The van der Waals surface area contributed by atoms with Crippen LogP contribution in [0.5, 0.6) is 0 Å². The van der Waals surface area contributed by atoms with Crippen LogP contribution in [-0.2, 0) is 20.9 Å². The van der Waals surface area contributed by atoms with E-state index in [1.54, 1.807) is 11.3 Å². The lowest BCUT2D eigenvalue weighted by Gasteiger charge is -2.38. The number of ether oxygens (including phenoxy) is 1. The summed E-state index contributed by atoms with van der Waals surface area (Å²) in [4.78, 5) is 28.9. The van der Waals surface area contributed by atoms with Gasteiger partial charge in [-0.3, -0.25) is 9.88 Å². The van der Waals surface area contributed by atoms with Crippen molar-refractivity contribution in [2.75, 3.05) is 19.7 Å². The molecule has 2 N–H and O–H groups in total. The minimum absolute atomic E-state index is 0.0971. The van der Waals surface area contributed by atoms with Gasteiger partial charge in [-0.05, 0) is 30.9 Å². The summed E-state index contributed by atoms with van der Waals surface area (Å²) in [5, 5.41) is 17.5. The Balaban J connectivity index is 0.000000271. The zero-order valence-corrected chi connectivity index (χ0v) is 19.4. The molecule has 4 heterocycles. The van der Waals surface area contributed by atoms with E-state index in [1.165, 1.54) is 10.6 Å². The molecule has 0 aliphatic carbocycles. The third-order valence-electron chi connectivity index (χ3n) is 5.46. The second-order valence-electron chi connectivity index (χ2n) is 7.99. The first-order valence-electron chi connectivity index (χ1n) is 10.5. The molecular formula is C21H23F6N3O5S. The van der Waals surface area contributed by atoms with Gasteiger partial charge < -0.3 is 14.9 Å². The van der Waals surface area contributed by atoms with E-state index in [0.717, 1.165) is 45.5 Å². The van der Waals surface area contributed by atoms with Gasteiger partial charge in [-0.15, -0.1) is 11.3 Å². The summed E-state index contributed by atoms with van der Waals surface area (Å²) in [5.74, 6) is -5.00. The quantitative estimate of drug-likeness (QED) is 0.550. The van der Waals surface area contributed by atoms with E-state index in [1.807, 2.05) is 24.7 Å². The number of alkyl halides is 6. The third kappa shape index (κ3) is 9.35. The van der Waals surface area contributed by atoms with Gasteiger partial charge in [0.05, 0.1) is 18.8 Å². The first-order valence-corrected chi connectivity index (χ1v) is 11.3. The van der Waals surface area contributed by atoms with E-state index in [-0.39, 0.29) is 5.60 Å². The van der Waals surface area contributed by atoms with Crippen LogP contribution in [0.4, 0.5) is 26.3 Å². The molecule has 2 aromatic heterocycles. The van der Waals surface area contributed by atoms with Crippen LogP contribution in [0.3, 0.4) is 0 Å². The lowest BCUT2D eigenvalue weighted by Crippen LogP contribution is -2.43. The van der Waals surface area contributed by atoms with E-state index >= 15 is 0 Å². The Morgan fingerprint density at radius 2 is 1.67 bits per heavy atom. The van der Waals surface area contributed by atoms with Crippen LogP contribution < -0.4 is 0 Å². The molecule has 2 aromatic rings. The zero-order valence-electron chi connectivity index (χ0n) is 18.6. The summed E-state index contributed by atoms with van der Waals surface area (Å²) in [6, 6.07) is 4.20. The number of likely N-dealkylation sites (tertiary alicyclic amines) is 1. The van der Waals surface area contributed by atoms with Crippen molar-refractivity contribution in [3.63, 3.8) is 0 Å². The van der Waals surface area contributed by atoms with E-state index in [4.69, 9.17) is 24.5 Å². The fourth-order valence-electron chi connectivity index (χ4n) is 3.67. The largest absolute Gasteiger partial charge is 0.490 e. The maximum Gasteiger partial charge on any atom is 0.490 e. The Hall–Kier alpha value is -2.78. The summed E-state index contributed by atoms with van der Waals surface area (Å²) in [6.07, 6.45) is -1.03. The minimum atomic E-state index is -5.08. The zero-order chi connectivity index (χ0) is 27.0. The molecule has 200 valence electrons. The molecule has 0 aromatic carbocycles. The summed E-state index contributed by atoms with van der Waals surface area (Å²) in [5.41, 5.74) is 1.42. The molecule has 1 unspecified atom stereocenters. The van der Waals surface area contributed by atoms with Gasteiger partial charge in [0, 0.05) is 43.0 Å². The Morgan fingerprint density at radius 3 is 2.11 bits per heavy atom. The smallest absolute Gasteiger partial charge is 0.475 e. The molecule has 4 rings (SSSR count). The number of carboxylic acids is 2. The van der Waals surface area contributed by atoms with Crippen molar-refractivity contribution in [3.8, 4) is 0 Å². The van der Waals surface area contributed by atoms with Crippen LogP contribution >= 0.6 is 11.3 Å². The topological polar surface area (TPSA) is 113 Å². The average Bonchev–Trinajstić information content (AvgIpc) is 3.46. The van der Waals surface area contributed by atoms with E-state index in [0.29, 0.717) is 5.92 Å². The number of piperidine rings is 1. The van der Waals surface area contributed by atoms with E-state index in [2.05, 4.69) is 26.3 Å². The monoisotopic (exact) mass is 543 g/mol. The molecule has 2 aliphatic rings. The van der Waals surface area contributed by atoms with Crippen LogP contribution in [-0.4, -0.2) is 74.7 Å². The molecule has 36 heavy (non-hydrogen) atoms. The predicted octanol–water partition coefficient (Wildman–Crippen LogP) is 4.34. The van der Waals surface area contributed by atoms with Crippen LogP contribution in [0.15, 0.2) is 36.1 Å².